The summed E-state index contributed by atoms with van der Waals surface area (Å²) in [6.45, 7) is 5.59. The summed E-state index contributed by atoms with van der Waals surface area (Å²) >= 11 is 0. The van der Waals surface area contributed by atoms with Gasteiger partial charge in [0.15, 0.2) is 5.96 Å². The van der Waals surface area contributed by atoms with Crippen molar-refractivity contribution in [3.63, 3.8) is 0 Å². The standard InChI is InChI=1S/C16H27N3O3.HI/c1-4-17-16(19-10-12-20-2)18-9-6-11-22-15-8-5-7-14(13-15)21-3;/h5,7-8,13H,4,6,9-12H2,1-3H3,(H2,17,18,19);1H. The molecule has 23 heavy (non-hydrogen) atoms. The van der Waals surface area contributed by atoms with Crippen LogP contribution in [0.4, 0.5) is 0 Å². The minimum absolute atomic E-state index is 0. The van der Waals surface area contributed by atoms with Gasteiger partial charge in [-0.3, -0.25) is 4.99 Å². The van der Waals surface area contributed by atoms with Crippen LogP contribution >= 0.6 is 24.0 Å². The molecule has 0 saturated heterocycles. The van der Waals surface area contributed by atoms with Gasteiger partial charge in [0.2, 0.25) is 0 Å². The highest BCUT2D eigenvalue weighted by Gasteiger charge is 1.98. The van der Waals surface area contributed by atoms with Gasteiger partial charge in [-0.2, -0.15) is 0 Å². The molecule has 6 nitrogen and oxygen atoms in total. The molecule has 0 fully saturated rings. The van der Waals surface area contributed by atoms with Gasteiger partial charge in [-0.25, -0.2) is 0 Å². The van der Waals surface area contributed by atoms with Crippen molar-refractivity contribution in [3.05, 3.63) is 24.3 Å². The van der Waals surface area contributed by atoms with E-state index in [2.05, 4.69) is 15.6 Å². The van der Waals surface area contributed by atoms with Gasteiger partial charge in [-0.15, -0.1) is 24.0 Å². The number of nitrogens with zero attached hydrogens (tertiary/aromatic N) is 1. The summed E-state index contributed by atoms with van der Waals surface area (Å²) in [5.74, 6) is 2.42. The smallest absolute Gasteiger partial charge is 0.191 e. The van der Waals surface area contributed by atoms with E-state index in [4.69, 9.17) is 14.2 Å². The molecule has 0 aliphatic heterocycles. The first kappa shape index (κ1) is 21.8. The SMILES string of the molecule is CCNC(=NCCCOc1cccc(OC)c1)NCCOC.I. The van der Waals surface area contributed by atoms with Crippen LogP contribution in [-0.2, 0) is 4.74 Å². The summed E-state index contributed by atoms with van der Waals surface area (Å²) in [4.78, 5) is 4.48. The second-order valence-electron chi connectivity index (χ2n) is 4.56. The van der Waals surface area contributed by atoms with Crippen molar-refractivity contribution >= 4 is 29.9 Å². The molecule has 132 valence electrons. The van der Waals surface area contributed by atoms with Gasteiger partial charge in [-0.05, 0) is 19.1 Å². The molecule has 0 bridgehead atoms. The summed E-state index contributed by atoms with van der Waals surface area (Å²) in [6.07, 6.45) is 0.845. The monoisotopic (exact) mass is 437 g/mol. The molecular formula is C16H28IN3O3. The molecule has 0 radical (unpaired) electrons. The Balaban J connectivity index is 0.00000484. The Labute approximate surface area is 156 Å². The van der Waals surface area contributed by atoms with E-state index in [0.29, 0.717) is 19.8 Å². The third-order valence-corrected chi connectivity index (χ3v) is 2.83. The Kier molecular flexibility index (Phi) is 13.6. The predicted octanol–water partition coefficient (Wildman–Crippen LogP) is 2.28. The number of halogens is 1. The van der Waals surface area contributed by atoms with Crippen LogP contribution < -0.4 is 20.1 Å². The maximum atomic E-state index is 5.68. The van der Waals surface area contributed by atoms with Crippen LogP contribution in [0.3, 0.4) is 0 Å². The lowest BCUT2D eigenvalue weighted by Gasteiger charge is -2.11. The third kappa shape index (κ3) is 10.2. The molecule has 0 aliphatic carbocycles. The van der Waals surface area contributed by atoms with E-state index in [0.717, 1.165) is 37.0 Å². The summed E-state index contributed by atoms with van der Waals surface area (Å²) in [5, 5.41) is 6.39. The van der Waals surface area contributed by atoms with Crippen molar-refractivity contribution in [1.82, 2.24) is 10.6 Å². The summed E-state index contributed by atoms with van der Waals surface area (Å²) < 4.78 is 15.8. The average Bonchev–Trinajstić information content (AvgIpc) is 2.55. The van der Waals surface area contributed by atoms with Crippen LogP contribution in [0, 0.1) is 0 Å². The molecule has 1 aromatic carbocycles. The Bertz CT molecular complexity index is 444. The minimum atomic E-state index is 0. The molecule has 1 aromatic rings. The molecule has 0 saturated carbocycles. The lowest BCUT2D eigenvalue weighted by Crippen LogP contribution is -2.39. The summed E-state index contributed by atoms with van der Waals surface area (Å²) in [6, 6.07) is 7.60. The van der Waals surface area contributed by atoms with Crippen LogP contribution in [0.1, 0.15) is 13.3 Å². The van der Waals surface area contributed by atoms with Gasteiger partial charge in [0.25, 0.3) is 0 Å². The molecule has 0 amide bonds. The first-order valence-electron chi connectivity index (χ1n) is 7.58. The molecule has 7 heteroatoms. The van der Waals surface area contributed by atoms with Crippen molar-refractivity contribution in [2.75, 3.05) is 47.1 Å². The molecule has 0 atom stereocenters. The number of ether oxygens (including phenoxy) is 3. The first-order valence-corrected chi connectivity index (χ1v) is 7.58. The Morgan fingerprint density at radius 2 is 1.91 bits per heavy atom. The van der Waals surface area contributed by atoms with Crippen molar-refractivity contribution in [3.8, 4) is 11.5 Å². The zero-order valence-corrected chi connectivity index (χ0v) is 16.5. The van der Waals surface area contributed by atoms with Gasteiger partial charge in [-0.1, -0.05) is 6.07 Å². The summed E-state index contributed by atoms with van der Waals surface area (Å²) in [7, 11) is 3.33. The zero-order chi connectivity index (χ0) is 16.0. The van der Waals surface area contributed by atoms with E-state index < -0.39 is 0 Å². The maximum absolute atomic E-state index is 5.68. The maximum Gasteiger partial charge on any atom is 0.191 e. The fourth-order valence-corrected chi connectivity index (χ4v) is 1.75. The number of methoxy groups -OCH3 is 2. The molecule has 0 unspecified atom stereocenters. The molecule has 0 aromatic heterocycles. The fourth-order valence-electron chi connectivity index (χ4n) is 1.75. The van der Waals surface area contributed by atoms with Gasteiger partial charge in [0, 0.05) is 39.2 Å². The second kappa shape index (κ2) is 14.4. The van der Waals surface area contributed by atoms with Gasteiger partial charge in [0.05, 0.1) is 20.3 Å². The lowest BCUT2D eigenvalue weighted by molar-refractivity contribution is 0.203. The van der Waals surface area contributed by atoms with Crippen LogP contribution in [0.2, 0.25) is 0 Å². The molecule has 0 aliphatic rings. The quantitative estimate of drug-likeness (QED) is 0.255. The number of guanidine groups is 1. The van der Waals surface area contributed by atoms with Gasteiger partial charge in [0.1, 0.15) is 11.5 Å². The van der Waals surface area contributed by atoms with Crippen LogP contribution in [0.25, 0.3) is 0 Å². The zero-order valence-electron chi connectivity index (χ0n) is 14.1. The topological polar surface area (TPSA) is 64.1 Å². The Morgan fingerprint density at radius 3 is 2.61 bits per heavy atom. The number of nitrogens with one attached hydrogen (secondary N) is 2. The number of rotatable bonds is 10. The van der Waals surface area contributed by atoms with E-state index in [1.165, 1.54) is 0 Å². The highest BCUT2D eigenvalue weighted by molar-refractivity contribution is 14.0. The lowest BCUT2D eigenvalue weighted by atomic mass is 10.3. The Morgan fingerprint density at radius 1 is 1.13 bits per heavy atom. The molecular weight excluding hydrogens is 409 g/mol. The van der Waals surface area contributed by atoms with Crippen LogP contribution in [0.5, 0.6) is 11.5 Å². The highest BCUT2D eigenvalue weighted by atomic mass is 127. The van der Waals surface area contributed by atoms with E-state index in [1.807, 2.05) is 31.2 Å². The van der Waals surface area contributed by atoms with Gasteiger partial charge >= 0.3 is 0 Å². The van der Waals surface area contributed by atoms with E-state index >= 15 is 0 Å². The van der Waals surface area contributed by atoms with E-state index in [-0.39, 0.29) is 24.0 Å². The normalized spacial score (nSPS) is 10.7. The van der Waals surface area contributed by atoms with Crippen molar-refractivity contribution in [2.24, 2.45) is 4.99 Å². The molecule has 0 spiro atoms. The summed E-state index contributed by atoms with van der Waals surface area (Å²) in [5.41, 5.74) is 0. The first-order chi connectivity index (χ1) is 10.8. The third-order valence-electron chi connectivity index (χ3n) is 2.83. The van der Waals surface area contributed by atoms with Crippen molar-refractivity contribution in [2.45, 2.75) is 13.3 Å². The number of aliphatic imine (C=N–C) groups is 1. The predicted molar refractivity (Wildman–Crippen MR) is 104 cm³/mol. The van der Waals surface area contributed by atoms with Crippen molar-refractivity contribution < 1.29 is 14.2 Å². The molecule has 0 heterocycles. The number of hydrogen-bond acceptors (Lipinski definition) is 4. The number of benzene rings is 1. The second-order valence-corrected chi connectivity index (χ2v) is 4.56. The number of hydrogen-bond donors (Lipinski definition) is 2. The largest absolute Gasteiger partial charge is 0.497 e. The fraction of sp³-hybridized carbons (Fsp3) is 0.562. The average molecular weight is 437 g/mol. The van der Waals surface area contributed by atoms with E-state index in [9.17, 15) is 0 Å². The van der Waals surface area contributed by atoms with Crippen LogP contribution in [0.15, 0.2) is 29.3 Å². The highest BCUT2D eigenvalue weighted by Crippen LogP contribution is 2.18. The molecule has 2 N–H and O–H groups in total. The van der Waals surface area contributed by atoms with Crippen LogP contribution in [-0.4, -0.2) is 53.0 Å². The Hall–Kier alpha value is -1.22. The minimum Gasteiger partial charge on any atom is -0.497 e. The van der Waals surface area contributed by atoms with E-state index in [1.54, 1.807) is 14.2 Å². The van der Waals surface area contributed by atoms with Gasteiger partial charge < -0.3 is 24.8 Å². The van der Waals surface area contributed by atoms with Crippen molar-refractivity contribution in [1.29, 1.82) is 0 Å². The molecule has 1 rings (SSSR count).